The number of halogens is 1. The molecule has 0 spiro atoms. The number of fused-ring (bicyclic) bond motifs is 2. The molecule has 0 atom stereocenters. The second-order valence-corrected chi connectivity index (χ2v) is 6.63. The Morgan fingerprint density at radius 1 is 0.926 bits per heavy atom. The smallest absolute Gasteiger partial charge is 0.190 e. The van der Waals surface area contributed by atoms with E-state index in [0.717, 1.165) is 27.4 Å². The molecule has 2 N–H and O–H groups in total. The number of rotatable bonds is 2. The Morgan fingerprint density at radius 3 is 2.67 bits per heavy atom. The van der Waals surface area contributed by atoms with Crippen LogP contribution < -0.4 is 5.73 Å². The molecule has 0 amide bonds. The van der Waals surface area contributed by atoms with Gasteiger partial charge in [-0.15, -0.1) is 5.10 Å². The molecule has 130 valence electrons. The van der Waals surface area contributed by atoms with Gasteiger partial charge in [0, 0.05) is 16.6 Å². The molecule has 2 aromatic heterocycles. The summed E-state index contributed by atoms with van der Waals surface area (Å²) in [6, 6.07) is 19.6. The van der Waals surface area contributed by atoms with Crippen molar-refractivity contribution in [1.29, 1.82) is 0 Å². The van der Waals surface area contributed by atoms with Crippen molar-refractivity contribution in [3.05, 3.63) is 71.9 Å². The molecule has 3 aromatic carbocycles. The van der Waals surface area contributed by atoms with Crippen LogP contribution in [0, 0.1) is 0 Å². The SMILES string of the molecule is Nc1c(-c2nnnn2-c2ccc3ccccc3c2)cnc2cc(Cl)ccc12. The Hall–Kier alpha value is -3.51. The lowest BCUT2D eigenvalue weighted by Crippen LogP contribution is -2.03. The second kappa shape index (κ2) is 6.03. The van der Waals surface area contributed by atoms with E-state index in [4.69, 9.17) is 17.3 Å². The number of hydrogen-bond acceptors (Lipinski definition) is 5. The van der Waals surface area contributed by atoms with Crippen LogP contribution in [0.5, 0.6) is 0 Å². The van der Waals surface area contributed by atoms with Gasteiger partial charge in [0.1, 0.15) is 0 Å². The zero-order valence-corrected chi connectivity index (χ0v) is 14.8. The van der Waals surface area contributed by atoms with Gasteiger partial charge in [0.05, 0.1) is 22.5 Å². The van der Waals surface area contributed by atoms with Crippen molar-refractivity contribution in [1.82, 2.24) is 25.2 Å². The molecule has 0 fully saturated rings. The zero-order chi connectivity index (χ0) is 18.4. The first-order valence-electron chi connectivity index (χ1n) is 8.32. The van der Waals surface area contributed by atoms with E-state index in [1.165, 1.54) is 0 Å². The maximum Gasteiger partial charge on any atom is 0.190 e. The molecule has 0 aliphatic rings. The zero-order valence-electron chi connectivity index (χ0n) is 14.0. The van der Waals surface area contributed by atoms with Gasteiger partial charge in [-0.2, -0.15) is 4.68 Å². The van der Waals surface area contributed by atoms with Gasteiger partial charge >= 0.3 is 0 Å². The van der Waals surface area contributed by atoms with Crippen LogP contribution in [0.4, 0.5) is 5.69 Å². The molecule has 0 unspecified atom stereocenters. The molecule has 0 saturated heterocycles. The summed E-state index contributed by atoms with van der Waals surface area (Å²) < 4.78 is 1.67. The Bertz CT molecular complexity index is 1310. The monoisotopic (exact) mass is 372 g/mol. The molecule has 5 rings (SSSR count). The Balaban J connectivity index is 1.69. The molecule has 7 heteroatoms. The number of pyridine rings is 1. The second-order valence-electron chi connectivity index (χ2n) is 6.19. The van der Waals surface area contributed by atoms with Crippen molar-refractivity contribution in [3.63, 3.8) is 0 Å². The minimum atomic E-state index is 0.534. The maximum absolute atomic E-state index is 6.41. The van der Waals surface area contributed by atoms with E-state index in [9.17, 15) is 0 Å². The van der Waals surface area contributed by atoms with Crippen molar-refractivity contribution in [2.75, 3.05) is 5.73 Å². The maximum atomic E-state index is 6.41. The Kier molecular flexibility index (Phi) is 3.51. The highest BCUT2D eigenvalue weighted by molar-refractivity contribution is 6.31. The van der Waals surface area contributed by atoms with Gasteiger partial charge in [0.15, 0.2) is 5.82 Å². The average molecular weight is 373 g/mol. The quantitative estimate of drug-likeness (QED) is 0.500. The van der Waals surface area contributed by atoms with Crippen LogP contribution in [0.1, 0.15) is 0 Å². The number of aromatic nitrogens is 5. The largest absolute Gasteiger partial charge is 0.398 e. The third kappa shape index (κ3) is 2.58. The summed E-state index contributed by atoms with van der Waals surface area (Å²) in [7, 11) is 0. The summed E-state index contributed by atoms with van der Waals surface area (Å²) in [4.78, 5) is 4.47. The van der Waals surface area contributed by atoms with Gasteiger partial charge in [0.2, 0.25) is 0 Å². The number of nitrogens with zero attached hydrogens (tertiary/aromatic N) is 5. The van der Waals surface area contributed by atoms with Gasteiger partial charge in [-0.3, -0.25) is 4.98 Å². The molecule has 6 nitrogen and oxygen atoms in total. The molecule has 0 aliphatic carbocycles. The summed E-state index contributed by atoms with van der Waals surface area (Å²) in [5.41, 5.74) is 9.22. The highest BCUT2D eigenvalue weighted by Crippen LogP contribution is 2.32. The van der Waals surface area contributed by atoms with Crippen LogP contribution in [-0.4, -0.2) is 25.2 Å². The van der Waals surface area contributed by atoms with Crippen LogP contribution in [0.2, 0.25) is 5.02 Å². The molecule has 0 saturated carbocycles. The summed E-state index contributed by atoms with van der Waals surface area (Å²) >= 11 is 6.05. The predicted octanol–water partition coefficient (Wildman–Crippen LogP) is 4.27. The highest BCUT2D eigenvalue weighted by Gasteiger charge is 2.16. The van der Waals surface area contributed by atoms with E-state index in [1.54, 1.807) is 23.0 Å². The fraction of sp³-hybridized carbons (Fsp3) is 0. The van der Waals surface area contributed by atoms with Crippen molar-refractivity contribution < 1.29 is 0 Å². The third-order valence-electron chi connectivity index (χ3n) is 4.56. The summed E-state index contributed by atoms with van der Waals surface area (Å²) in [6.07, 6.45) is 1.68. The molecule has 0 aliphatic heterocycles. The molecule has 2 heterocycles. The molecular weight excluding hydrogens is 360 g/mol. The van der Waals surface area contributed by atoms with E-state index >= 15 is 0 Å². The summed E-state index contributed by atoms with van der Waals surface area (Å²) in [5, 5.41) is 15.9. The lowest BCUT2D eigenvalue weighted by atomic mass is 10.1. The van der Waals surface area contributed by atoms with Crippen LogP contribution in [0.15, 0.2) is 66.9 Å². The van der Waals surface area contributed by atoms with E-state index < -0.39 is 0 Å². The molecule has 0 bridgehead atoms. The molecule has 5 aromatic rings. The first-order chi connectivity index (χ1) is 13.2. The number of benzene rings is 3. The fourth-order valence-electron chi connectivity index (χ4n) is 3.20. The topological polar surface area (TPSA) is 82.5 Å². The standard InChI is InChI=1S/C20H13ClN6/c21-14-6-8-16-18(10-14)23-11-17(19(16)22)20-24-25-26-27(20)15-7-5-12-3-1-2-4-13(12)9-15/h1-11H,(H2,22,23). The summed E-state index contributed by atoms with van der Waals surface area (Å²) in [6.45, 7) is 0. The van der Waals surface area contributed by atoms with Gasteiger partial charge in [0.25, 0.3) is 0 Å². The number of nitrogens with two attached hydrogens (primary N) is 1. The van der Waals surface area contributed by atoms with Gasteiger partial charge in [-0.05, 0) is 51.5 Å². The van der Waals surface area contributed by atoms with Crippen molar-refractivity contribution >= 4 is 39.0 Å². The first-order valence-corrected chi connectivity index (χ1v) is 8.70. The predicted molar refractivity (Wildman–Crippen MR) is 107 cm³/mol. The van der Waals surface area contributed by atoms with Crippen molar-refractivity contribution in [3.8, 4) is 17.1 Å². The van der Waals surface area contributed by atoms with Crippen LogP contribution in [0.25, 0.3) is 38.8 Å². The van der Waals surface area contributed by atoms with Gasteiger partial charge < -0.3 is 5.73 Å². The number of tetrazole rings is 1. The third-order valence-corrected chi connectivity index (χ3v) is 4.80. The van der Waals surface area contributed by atoms with E-state index in [2.05, 4.69) is 32.6 Å². The Labute approximate surface area is 159 Å². The molecule has 27 heavy (non-hydrogen) atoms. The average Bonchev–Trinajstić information content (AvgIpc) is 3.17. The van der Waals surface area contributed by atoms with Gasteiger partial charge in [-0.1, -0.05) is 41.9 Å². The Morgan fingerprint density at radius 2 is 1.78 bits per heavy atom. The lowest BCUT2D eigenvalue weighted by molar-refractivity contribution is 0.792. The minimum absolute atomic E-state index is 0.534. The van der Waals surface area contributed by atoms with Crippen molar-refractivity contribution in [2.45, 2.75) is 0 Å². The van der Waals surface area contributed by atoms with E-state index in [-0.39, 0.29) is 0 Å². The number of nitrogen functional groups attached to an aromatic ring is 1. The number of hydrogen-bond donors (Lipinski definition) is 1. The van der Waals surface area contributed by atoms with E-state index in [0.29, 0.717) is 22.1 Å². The number of anilines is 1. The van der Waals surface area contributed by atoms with Gasteiger partial charge in [-0.25, -0.2) is 0 Å². The van der Waals surface area contributed by atoms with Crippen molar-refractivity contribution in [2.24, 2.45) is 0 Å². The van der Waals surface area contributed by atoms with Crippen LogP contribution in [-0.2, 0) is 0 Å². The normalized spacial score (nSPS) is 11.3. The summed E-state index contributed by atoms with van der Waals surface area (Å²) in [5.74, 6) is 0.534. The van der Waals surface area contributed by atoms with E-state index in [1.807, 2.05) is 36.4 Å². The highest BCUT2D eigenvalue weighted by atomic mass is 35.5. The first kappa shape index (κ1) is 15.7. The van der Waals surface area contributed by atoms with Crippen LogP contribution in [0.3, 0.4) is 0 Å². The molecular formula is C20H13ClN6. The fourth-order valence-corrected chi connectivity index (χ4v) is 3.37. The lowest BCUT2D eigenvalue weighted by Gasteiger charge is -2.10. The molecule has 0 radical (unpaired) electrons. The minimum Gasteiger partial charge on any atom is -0.398 e. The van der Waals surface area contributed by atoms with Crippen LogP contribution >= 0.6 is 11.6 Å².